The zero-order chi connectivity index (χ0) is 19.2. The fraction of sp³-hybridized carbons (Fsp3) is 0.100. The number of esters is 1. The Morgan fingerprint density at radius 1 is 1.11 bits per heavy atom. The maximum Gasteiger partial charge on any atom is 0.338 e. The lowest BCUT2D eigenvalue weighted by molar-refractivity contribution is -0.124. The number of nitrogens with two attached hydrogens (primary N) is 1. The predicted molar refractivity (Wildman–Crippen MR) is 107 cm³/mol. The number of carbonyl (C=O) groups excluding carboxylic acids is 2. The van der Waals surface area contributed by atoms with Crippen molar-refractivity contribution < 1.29 is 14.3 Å². The summed E-state index contributed by atoms with van der Waals surface area (Å²) in [5.74, 6) is -1.03. The fourth-order valence-corrected chi connectivity index (χ4v) is 3.43. The Morgan fingerprint density at radius 2 is 1.89 bits per heavy atom. The number of halogens is 1. The van der Waals surface area contributed by atoms with E-state index in [9.17, 15) is 9.59 Å². The Bertz CT molecular complexity index is 930. The van der Waals surface area contributed by atoms with Crippen LogP contribution in [0.4, 0.5) is 5.69 Å². The third-order valence-electron chi connectivity index (χ3n) is 3.83. The van der Waals surface area contributed by atoms with Gasteiger partial charge in [0, 0.05) is 4.88 Å². The molecule has 1 atom stereocenters. The first-order valence-corrected chi connectivity index (χ1v) is 9.40. The lowest BCUT2D eigenvalue weighted by atomic mass is 10.1. The van der Waals surface area contributed by atoms with Crippen molar-refractivity contribution in [2.24, 2.45) is 0 Å². The van der Waals surface area contributed by atoms with E-state index in [0.29, 0.717) is 5.02 Å². The Labute approximate surface area is 165 Å². The van der Waals surface area contributed by atoms with Crippen LogP contribution in [0.2, 0.25) is 5.02 Å². The number of anilines is 1. The van der Waals surface area contributed by atoms with Gasteiger partial charge in [-0.2, -0.15) is 0 Å². The molecule has 0 spiro atoms. The first-order chi connectivity index (χ1) is 13.0. The number of amides is 1. The molecule has 0 radical (unpaired) electrons. The third-order valence-corrected chi connectivity index (χ3v) is 5.11. The molecular formula is C20H17ClN2O3S. The van der Waals surface area contributed by atoms with Crippen molar-refractivity contribution in [3.8, 4) is 0 Å². The van der Waals surface area contributed by atoms with Gasteiger partial charge in [0.1, 0.15) is 0 Å². The van der Waals surface area contributed by atoms with Crippen LogP contribution in [0, 0.1) is 0 Å². The number of thiophene rings is 1. The van der Waals surface area contributed by atoms with Crippen molar-refractivity contribution in [2.45, 2.75) is 6.04 Å². The van der Waals surface area contributed by atoms with E-state index in [4.69, 9.17) is 22.1 Å². The molecule has 7 heteroatoms. The highest BCUT2D eigenvalue weighted by Crippen LogP contribution is 2.26. The molecular weight excluding hydrogens is 384 g/mol. The zero-order valence-electron chi connectivity index (χ0n) is 14.2. The van der Waals surface area contributed by atoms with Gasteiger partial charge in [0.15, 0.2) is 6.61 Å². The standard InChI is InChI=1S/C20H17ClN2O3S/c21-15-9-8-14(11-16(15)22)20(25)26-12-18(24)23-19(17-7-4-10-27-17)13-5-2-1-3-6-13/h1-11,19H,12,22H2,(H,23,24)/t19-/m0/s1. The summed E-state index contributed by atoms with van der Waals surface area (Å²) in [6, 6.07) is 17.6. The second-order valence-corrected chi connectivity index (χ2v) is 7.13. The van der Waals surface area contributed by atoms with Crippen LogP contribution >= 0.6 is 22.9 Å². The number of ether oxygens (including phenoxy) is 1. The highest BCUT2D eigenvalue weighted by Gasteiger charge is 2.19. The van der Waals surface area contributed by atoms with Gasteiger partial charge in [0.05, 0.1) is 22.3 Å². The van der Waals surface area contributed by atoms with E-state index in [1.165, 1.54) is 18.2 Å². The van der Waals surface area contributed by atoms with E-state index in [1.807, 2.05) is 47.8 Å². The molecule has 0 aliphatic heterocycles. The molecule has 0 unspecified atom stereocenters. The molecule has 3 rings (SSSR count). The molecule has 1 amide bonds. The van der Waals surface area contributed by atoms with Crippen molar-refractivity contribution in [1.82, 2.24) is 5.32 Å². The number of nitrogens with one attached hydrogen (secondary N) is 1. The summed E-state index contributed by atoms with van der Waals surface area (Å²) in [6.45, 7) is -0.393. The molecule has 0 bridgehead atoms. The molecule has 3 N–H and O–H groups in total. The molecule has 1 aromatic heterocycles. The van der Waals surface area contributed by atoms with Gasteiger partial charge in [-0.3, -0.25) is 4.79 Å². The summed E-state index contributed by atoms with van der Waals surface area (Å²) in [5, 5.41) is 5.21. The molecule has 1 heterocycles. The molecule has 0 saturated carbocycles. The molecule has 2 aromatic carbocycles. The van der Waals surface area contributed by atoms with Gasteiger partial charge >= 0.3 is 5.97 Å². The smallest absolute Gasteiger partial charge is 0.338 e. The summed E-state index contributed by atoms with van der Waals surface area (Å²) in [5.41, 5.74) is 7.14. The van der Waals surface area contributed by atoms with Gasteiger partial charge in [0.25, 0.3) is 5.91 Å². The lowest BCUT2D eigenvalue weighted by Crippen LogP contribution is -2.32. The second-order valence-electron chi connectivity index (χ2n) is 5.74. The number of nitrogen functional groups attached to an aromatic ring is 1. The van der Waals surface area contributed by atoms with Crippen LogP contribution in [0.1, 0.15) is 26.8 Å². The van der Waals surface area contributed by atoms with E-state index in [0.717, 1.165) is 10.4 Å². The third kappa shape index (κ3) is 4.87. The minimum absolute atomic E-state index is 0.238. The van der Waals surface area contributed by atoms with Crippen LogP contribution < -0.4 is 11.1 Å². The second kappa shape index (κ2) is 8.70. The Balaban J connectivity index is 1.64. The van der Waals surface area contributed by atoms with E-state index in [2.05, 4.69) is 5.32 Å². The van der Waals surface area contributed by atoms with E-state index in [-0.39, 0.29) is 17.3 Å². The average molecular weight is 401 g/mol. The van der Waals surface area contributed by atoms with Crippen molar-refractivity contribution in [2.75, 3.05) is 12.3 Å². The van der Waals surface area contributed by atoms with Gasteiger partial charge in [-0.25, -0.2) is 4.79 Å². The summed E-state index contributed by atoms with van der Waals surface area (Å²) in [6.07, 6.45) is 0. The van der Waals surface area contributed by atoms with E-state index >= 15 is 0 Å². The quantitative estimate of drug-likeness (QED) is 0.483. The summed E-state index contributed by atoms with van der Waals surface area (Å²) in [4.78, 5) is 25.4. The number of rotatable bonds is 6. The molecule has 0 aliphatic rings. The van der Waals surface area contributed by atoms with Gasteiger partial charge in [-0.15, -0.1) is 11.3 Å². The van der Waals surface area contributed by atoms with E-state index < -0.39 is 18.5 Å². The fourth-order valence-electron chi connectivity index (χ4n) is 2.51. The van der Waals surface area contributed by atoms with Gasteiger partial charge < -0.3 is 15.8 Å². The molecule has 138 valence electrons. The normalized spacial score (nSPS) is 11.6. The minimum atomic E-state index is -0.638. The maximum atomic E-state index is 12.3. The average Bonchev–Trinajstić information content (AvgIpc) is 3.21. The molecule has 0 saturated heterocycles. The molecule has 0 aliphatic carbocycles. The highest BCUT2D eigenvalue weighted by molar-refractivity contribution is 7.10. The number of hydrogen-bond donors (Lipinski definition) is 2. The maximum absolute atomic E-state index is 12.3. The Morgan fingerprint density at radius 3 is 2.56 bits per heavy atom. The minimum Gasteiger partial charge on any atom is -0.452 e. The van der Waals surface area contributed by atoms with Crippen LogP contribution in [0.3, 0.4) is 0 Å². The van der Waals surface area contributed by atoms with Crippen molar-refractivity contribution in [3.63, 3.8) is 0 Å². The van der Waals surface area contributed by atoms with E-state index in [1.54, 1.807) is 11.3 Å². The van der Waals surface area contributed by atoms with Gasteiger partial charge in [0.2, 0.25) is 0 Å². The zero-order valence-corrected chi connectivity index (χ0v) is 15.8. The highest BCUT2D eigenvalue weighted by atomic mass is 35.5. The topological polar surface area (TPSA) is 81.4 Å². The first-order valence-electron chi connectivity index (χ1n) is 8.14. The Kier molecular flexibility index (Phi) is 6.11. The lowest BCUT2D eigenvalue weighted by Gasteiger charge is -2.18. The number of hydrogen-bond acceptors (Lipinski definition) is 5. The molecule has 5 nitrogen and oxygen atoms in total. The summed E-state index contributed by atoms with van der Waals surface area (Å²) < 4.78 is 5.09. The van der Waals surface area contributed by atoms with Crippen molar-refractivity contribution in [1.29, 1.82) is 0 Å². The predicted octanol–water partition coefficient (Wildman–Crippen LogP) is 4.05. The van der Waals surface area contributed by atoms with Gasteiger partial charge in [-0.1, -0.05) is 48.0 Å². The largest absolute Gasteiger partial charge is 0.452 e. The molecule has 27 heavy (non-hydrogen) atoms. The molecule has 0 fully saturated rings. The Hall–Kier alpha value is -2.83. The van der Waals surface area contributed by atoms with Crippen LogP contribution in [0.15, 0.2) is 66.0 Å². The SMILES string of the molecule is Nc1cc(C(=O)OCC(=O)N[C@@H](c2ccccc2)c2cccs2)ccc1Cl. The van der Waals surface area contributed by atoms with Crippen LogP contribution in [-0.4, -0.2) is 18.5 Å². The van der Waals surface area contributed by atoms with Gasteiger partial charge in [-0.05, 0) is 35.2 Å². The first kappa shape index (κ1) is 18.9. The van der Waals surface area contributed by atoms with Crippen molar-refractivity contribution >= 4 is 40.5 Å². The van der Waals surface area contributed by atoms with Crippen LogP contribution in [0.25, 0.3) is 0 Å². The summed E-state index contributed by atoms with van der Waals surface area (Å²) in [7, 11) is 0. The molecule has 3 aromatic rings. The number of benzene rings is 2. The van der Waals surface area contributed by atoms with Crippen molar-refractivity contribution in [3.05, 3.63) is 87.1 Å². The van der Waals surface area contributed by atoms with Crippen LogP contribution in [0.5, 0.6) is 0 Å². The number of carbonyl (C=O) groups is 2. The monoisotopic (exact) mass is 400 g/mol. The van der Waals surface area contributed by atoms with Crippen LogP contribution in [-0.2, 0) is 9.53 Å². The summed E-state index contributed by atoms with van der Waals surface area (Å²) >= 11 is 7.38.